The van der Waals surface area contributed by atoms with Crippen molar-refractivity contribution in [2.24, 2.45) is 5.92 Å². The van der Waals surface area contributed by atoms with Crippen molar-refractivity contribution in [1.82, 2.24) is 25.2 Å². The van der Waals surface area contributed by atoms with Crippen LogP contribution in [-0.4, -0.2) is 51.8 Å². The summed E-state index contributed by atoms with van der Waals surface area (Å²) in [6, 6.07) is 2.58. The number of halogens is 5. The molecule has 8 nitrogen and oxygen atoms in total. The van der Waals surface area contributed by atoms with Gasteiger partial charge >= 0.3 is 6.18 Å². The van der Waals surface area contributed by atoms with Crippen LogP contribution in [0, 0.1) is 17.6 Å². The van der Waals surface area contributed by atoms with E-state index in [9.17, 15) is 31.5 Å². The van der Waals surface area contributed by atoms with Crippen molar-refractivity contribution in [1.29, 1.82) is 0 Å². The molecule has 3 heterocycles. The number of carbonyl (C=O) groups is 2. The Hall–Kier alpha value is -3.61. The molecule has 2 N–H and O–H groups in total. The second-order valence-corrected chi connectivity index (χ2v) is 8.20. The minimum absolute atomic E-state index is 0.00881. The zero-order chi connectivity index (χ0) is 25.3. The van der Waals surface area contributed by atoms with Crippen molar-refractivity contribution in [3.63, 3.8) is 0 Å². The molecule has 1 aliphatic rings. The molecule has 0 unspecified atom stereocenters. The lowest BCUT2D eigenvalue weighted by atomic mass is 9.96. The number of aromatic amines is 1. The van der Waals surface area contributed by atoms with Gasteiger partial charge in [0.1, 0.15) is 23.8 Å². The summed E-state index contributed by atoms with van der Waals surface area (Å²) in [6.45, 7) is 0.885. The van der Waals surface area contributed by atoms with E-state index >= 15 is 0 Å². The zero-order valence-corrected chi connectivity index (χ0v) is 18.4. The summed E-state index contributed by atoms with van der Waals surface area (Å²) >= 11 is 0. The van der Waals surface area contributed by atoms with Crippen LogP contribution in [0.3, 0.4) is 0 Å². The number of piperidine rings is 1. The molecule has 1 fully saturated rings. The number of hydrogen-bond acceptors (Lipinski definition) is 6. The molecule has 0 spiro atoms. The van der Waals surface area contributed by atoms with Gasteiger partial charge in [-0.1, -0.05) is 0 Å². The van der Waals surface area contributed by atoms with Gasteiger partial charge in [0.2, 0.25) is 5.91 Å². The first-order valence-electron chi connectivity index (χ1n) is 10.6. The number of benzene rings is 1. The third kappa shape index (κ3) is 5.39. The Labute approximate surface area is 195 Å². The van der Waals surface area contributed by atoms with E-state index in [0.717, 1.165) is 18.2 Å². The van der Waals surface area contributed by atoms with Crippen LogP contribution < -0.4 is 10.1 Å². The summed E-state index contributed by atoms with van der Waals surface area (Å²) in [5.74, 6) is -5.28. The SMILES string of the molecule is CN1CCC(C(=O)NC(=O)c2c(F)ccc(OCc3nc4ncc(C(F)(F)F)cc4[nH]3)c2F)CC1. The van der Waals surface area contributed by atoms with E-state index < -0.39 is 59.0 Å². The number of carbonyl (C=O) groups excluding carboxylic acids is 2. The number of hydrogen-bond donors (Lipinski definition) is 2. The predicted octanol–water partition coefficient (Wildman–Crippen LogP) is 3.43. The molecule has 3 aromatic rings. The van der Waals surface area contributed by atoms with Gasteiger partial charge in [-0.05, 0) is 51.2 Å². The molecular formula is C22H20F5N5O3. The average Bonchev–Trinajstić information content (AvgIpc) is 3.20. The fourth-order valence-electron chi connectivity index (χ4n) is 3.72. The number of likely N-dealkylation sites (tertiary alicyclic amines) is 1. The number of H-pyrrole nitrogens is 1. The maximum atomic E-state index is 14.9. The molecule has 0 radical (unpaired) electrons. The van der Waals surface area contributed by atoms with E-state index in [1.807, 2.05) is 17.3 Å². The molecule has 35 heavy (non-hydrogen) atoms. The van der Waals surface area contributed by atoms with Crippen molar-refractivity contribution in [3.05, 3.63) is 53.0 Å². The van der Waals surface area contributed by atoms with E-state index in [0.29, 0.717) is 32.1 Å². The van der Waals surface area contributed by atoms with Crippen LogP contribution in [0.15, 0.2) is 24.4 Å². The fraction of sp³-hybridized carbons (Fsp3) is 0.364. The van der Waals surface area contributed by atoms with Gasteiger partial charge in [-0.2, -0.15) is 13.2 Å². The van der Waals surface area contributed by atoms with E-state index in [2.05, 4.69) is 15.0 Å². The topological polar surface area (TPSA) is 100 Å². The third-order valence-corrected chi connectivity index (χ3v) is 5.69. The lowest BCUT2D eigenvalue weighted by Crippen LogP contribution is -2.41. The molecule has 1 aliphatic heterocycles. The lowest BCUT2D eigenvalue weighted by molar-refractivity contribution is -0.137. The van der Waals surface area contributed by atoms with Crippen molar-refractivity contribution >= 4 is 23.0 Å². The zero-order valence-electron chi connectivity index (χ0n) is 18.4. The Bertz CT molecular complexity index is 1270. The van der Waals surface area contributed by atoms with Crippen LogP contribution >= 0.6 is 0 Å². The quantitative estimate of drug-likeness (QED) is 0.414. The highest BCUT2D eigenvalue weighted by Gasteiger charge is 2.32. The van der Waals surface area contributed by atoms with Crippen LogP contribution in [0.1, 0.15) is 34.6 Å². The summed E-state index contributed by atoms with van der Waals surface area (Å²) in [4.78, 5) is 37.0. The summed E-state index contributed by atoms with van der Waals surface area (Å²) in [7, 11) is 1.90. The number of imide groups is 1. The molecular weight excluding hydrogens is 477 g/mol. The average molecular weight is 497 g/mol. The number of alkyl halides is 3. The lowest BCUT2D eigenvalue weighted by Gasteiger charge is -2.27. The second kappa shape index (κ2) is 9.56. The van der Waals surface area contributed by atoms with Gasteiger partial charge in [0.05, 0.1) is 11.1 Å². The minimum Gasteiger partial charge on any atom is -0.483 e. The van der Waals surface area contributed by atoms with Crippen LogP contribution in [0.5, 0.6) is 5.75 Å². The molecule has 1 aromatic carbocycles. The Morgan fingerprint density at radius 3 is 2.63 bits per heavy atom. The highest BCUT2D eigenvalue weighted by molar-refractivity contribution is 6.05. The standard InChI is InChI=1S/C22H20F5N5O3/c1-32-6-4-11(5-7-32)20(33)31-21(34)17-13(23)2-3-15(18(17)24)35-10-16-29-14-8-12(22(25,26)27)9-28-19(14)30-16/h2-3,8-9,11H,4-7,10H2,1H3,(H,28,29,30)(H,31,33,34). The predicted molar refractivity (Wildman–Crippen MR) is 112 cm³/mol. The first-order valence-corrected chi connectivity index (χ1v) is 10.6. The molecule has 13 heteroatoms. The van der Waals surface area contributed by atoms with Gasteiger partial charge in [-0.15, -0.1) is 0 Å². The number of fused-ring (bicyclic) bond motifs is 1. The molecule has 2 amide bonds. The smallest absolute Gasteiger partial charge is 0.417 e. The fourth-order valence-corrected chi connectivity index (χ4v) is 3.72. The van der Waals surface area contributed by atoms with Crippen molar-refractivity contribution in [2.45, 2.75) is 25.6 Å². The van der Waals surface area contributed by atoms with E-state index in [4.69, 9.17) is 4.74 Å². The molecule has 0 saturated carbocycles. The molecule has 0 bridgehead atoms. The Balaban J connectivity index is 1.47. The van der Waals surface area contributed by atoms with E-state index in [1.54, 1.807) is 0 Å². The van der Waals surface area contributed by atoms with Gasteiger partial charge in [0, 0.05) is 12.1 Å². The van der Waals surface area contributed by atoms with Crippen LogP contribution in [0.2, 0.25) is 0 Å². The van der Waals surface area contributed by atoms with Gasteiger partial charge in [0.15, 0.2) is 17.2 Å². The van der Waals surface area contributed by atoms with Gasteiger partial charge < -0.3 is 14.6 Å². The number of imidazole rings is 1. The number of nitrogens with zero attached hydrogens (tertiary/aromatic N) is 3. The highest BCUT2D eigenvalue weighted by atomic mass is 19.4. The number of nitrogens with one attached hydrogen (secondary N) is 2. The Morgan fingerprint density at radius 2 is 1.94 bits per heavy atom. The highest BCUT2D eigenvalue weighted by Crippen LogP contribution is 2.30. The van der Waals surface area contributed by atoms with Crippen LogP contribution in [0.4, 0.5) is 22.0 Å². The second-order valence-electron chi connectivity index (χ2n) is 8.20. The molecule has 1 saturated heterocycles. The van der Waals surface area contributed by atoms with Gasteiger partial charge in [-0.25, -0.2) is 18.7 Å². The van der Waals surface area contributed by atoms with Crippen molar-refractivity contribution in [3.8, 4) is 5.75 Å². The summed E-state index contributed by atoms with van der Waals surface area (Å²) in [6.07, 6.45) is -2.93. The van der Waals surface area contributed by atoms with E-state index in [-0.39, 0.29) is 17.0 Å². The summed E-state index contributed by atoms with van der Waals surface area (Å²) < 4.78 is 73.0. The molecule has 186 valence electrons. The summed E-state index contributed by atoms with van der Waals surface area (Å²) in [5.41, 5.74) is -1.98. The Kier molecular flexibility index (Phi) is 6.70. The van der Waals surface area contributed by atoms with Crippen molar-refractivity contribution in [2.75, 3.05) is 20.1 Å². The van der Waals surface area contributed by atoms with E-state index in [1.165, 1.54) is 0 Å². The maximum absolute atomic E-state index is 14.9. The molecule has 2 aromatic heterocycles. The van der Waals surface area contributed by atoms with Crippen molar-refractivity contribution < 1.29 is 36.3 Å². The number of rotatable bonds is 5. The number of amides is 2. The third-order valence-electron chi connectivity index (χ3n) is 5.69. The normalized spacial score (nSPS) is 15.4. The maximum Gasteiger partial charge on any atom is 0.417 e. The largest absolute Gasteiger partial charge is 0.483 e. The molecule has 0 atom stereocenters. The molecule has 0 aliphatic carbocycles. The number of pyridine rings is 1. The monoisotopic (exact) mass is 497 g/mol. The van der Waals surface area contributed by atoms with Gasteiger partial charge in [0.25, 0.3) is 5.91 Å². The first kappa shape index (κ1) is 24.5. The first-order chi connectivity index (χ1) is 16.5. The minimum atomic E-state index is -4.59. The number of ether oxygens (including phenoxy) is 1. The molecule has 4 rings (SSSR count). The summed E-state index contributed by atoms with van der Waals surface area (Å²) in [5, 5.41) is 2.05. The van der Waals surface area contributed by atoms with Crippen LogP contribution in [0.25, 0.3) is 11.2 Å². The van der Waals surface area contributed by atoms with Gasteiger partial charge in [-0.3, -0.25) is 14.9 Å². The van der Waals surface area contributed by atoms with Crippen LogP contribution in [-0.2, 0) is 17.6 Å². The Morgan fingerprint density at radius 1 is 1.23 bits per heavy atom. The number of aromatic nitrogens is 3.